The first-order valence-electron chi connectivity index (χ1n) is 18.4. The fourth-order valence-corrected chi connectivity index (χ4v) is 7.91. The molecule has 6 rings (SSSR count). The average molecular weight is 795 g/mol. The van der Waals surface area contributed by atoms with Gasteiger partial charge in [0.15, 0.2) is 0 Å². The van der Waals surface area contributed by atoms with E-state index in [-0.39, 0.29) is 25.2 Å². The standard InChI is InChI=1S/C34H50N8O12S/c1-33(2,3)51-31(47)37-15-11-21(12-16-37)35-27(43)25-9-7-23-19-39(25)29(45)41(23)53-55(49,50)54-42-24-8-10-26(40(20-24)30(42)46)28(44)36-22-13-17-38(18-14-22)32(48)52-34(4,5)6/h7-10,21-26H,11-20H2,1-6H3,(H,35,43)(H,36,44)/t23-,24-,25+,26+/m1/s1. The highest BCUT2D eigenvalue weighted by atomic mass is 32.3. The molecule has 6 aliphatic rings. The maximum absolute atomic E-state index is 13.3. The van der Waals surface area contributed by atoms with Gasteiger partial charge in [0.05, 0.1) is 25.2 Å². The summed E-state index contributed by atoms with van der Waals surface area (Å²) in [4.78, 5) is 83.5. The van der Waals surface area contributed by atoms with Gasteiger partial charge >= 0.3 is 34.6 Å². The SMILES string of the molecule is CC(C)(C)OC(=O)N1CCC(NC(=O)[C@@H]2C=C[C@@H]3CN2C(=O)N3OS(=O)(=O)ON2C(=O)N3C[C@H]2C=C[C@H]3C(=O)NC2CCN(C(=O)OC(C)(C)C)CC2)CC1. The monoisotopic (exact) mass is 794 g/mol. The maximum atomic E-state index is 13.3. The van der Waals surface area contributed by atoms with Crippen molar-refractivity contribution >= 4 is 46.5 Å². The zero-order valence-electron chi connectivity index (χ0n) is 31.8. The van der Waals surface area contributed by atoms with E-state index in [9.17, 15) is 37.2 Å². The topological polar surface area (TPSA) is 217 Å². The number of ether oxygens (including phenoxy) is 2. The second-order valence-corrected chi connectivity index (χ2v) is 17.5. The lowest BCUT2D eigenvalue weighted by molar-refractivity contribution is -0.125. The van der Waals surface area contributed by atoms with Gasteiger partial charge in [-0.3, -0.25) is 9.59 Å². The zero-order valence-corrected chi connectivity index (χ0v) is 32.7. The minimum Gasteiger partial charge on any atom is -0.444 e. The van der Waals surface area contributed by atoms with E-state index in [1.807, 2.05) is 0 Å². The molecule has 0 aliphatic carbocycles. The number of hydrogen-bond acceptors (Lipinski definition) is 12. The zero-order chi connectivity index (χ0) is 40.0. The number of fused-ring (bicyclic) bond motifs is 4. The van der Waals surface area contributed by atoms with Crippen molar-refractivity contribution in [1.82, 2.24) is 40.4 Å². The highest BCUT2D eigenvalue weighted by Crippen LogP contribution is 2.30. The summed E-state index contributed by atoms with van der Waals surface area (Å²) in [5.41, 5.74) is -1.26. The van der Waals surface area contributed by atoms with Crippen molar-refractivity contribution in [3.63, 3.8) is 0 Å². The number of likely N-dealkylation sites (tertiary alicyclic amines) is 2. The second-order valence-electron chi connectivity index (χ2n) is 16.4. The Labute approximate surface area is 319 Å². The Morgan fingerprint density at radius 3 is 1.29 bits per heavy atom. The van der Waals surface area contributed by atoms with Crippen LogP contribution >= 0.6 is 0 Å². The van der Waals surface area contributed by atoms with Crippen LogP contribution in [-0.4, -0.2) is 161 Å². The van der Waals surface area contributed by atoms with E-state index in [2.05, 4.69) is 10.6 Å². The van der Waals surface area contributed by atoms with E-state index in [1.165, 1.54) is 34.1 Å². The van der Waals surface area contributed by atoms with Crippen LogP contribution in [0.15, 0.2) is 24.3 Å². The first-order chi connectivity index (χ1) is 25.7. The molecule has 2 N–H and O–H groups in total. The van der Waals surface area contributed by atoms with Gasteiger partial charge in [-0.2, -0.15) is 18.5 Å². The third-order valence-corrected chi connectivity index (χ3v) is 10.5. The number of rotatable bonds is 8. The van der Waals surface area contributed by atoms with Gasteiger partial charge in [-0.15, -0.1) is 8.57 Å². The van der Waals surface area contributed by atoms with E-state index in [0.29, 0.717) is 62.0 Å². The second kappa shape index (κ2) is 15.1. The van der Waals surface area contributed by atoms with Gasteiger partial charge in [-0.05, 0) is 67.2 Å². The number of nitrogens with one attached hydrogen (secondary N) is 2. The maximum Gasteiger partial charge on any atom is 0.442 e. The molecule has 304 valence electrons. The molecule has 4 bridgehead atoms. The van der Waals surface area contributed by atoms with Crippen LogP contribution in [0.25, 0.3) is 0 Å². The third kappa shape index (κ3) is 9.26. The molecule has 4 fully saturated rings. The summed E-state index contributed by atoms with van der Waals surface area (Å²) in [5.74, 6) is -0.944. The molecule has 0 aromatic carbocycles. The van der Waals surface area contributed by atoms with Crippen LogP contribution in [0.4, 0.5) is 19.2 Å². The molecule has 6 heterocycles. The van der Waals surface area contributed by atoms with Gasteiger partial charge in [0.2, 0.25) is 11.8 Å². The normalized spacial score (nSPS) is 26.1. The molecular formula is C34H50N8O12S. The molecule has 0 unspecified atom stereocenters. The Bertz CT molecular complexity index is 1610. The van der Waals surface area contributed by atoms with Gasteiger partial charge in [0.25, 0.3) is 0 Å². The summed E-state index contributed by atoms with van der Waals surface area (Å²) in [6.45, 7) is 12.1. The van der Waals surface area contributed by atoms with E-state index in [1.54, 1.807) is 51.3 Å². The van der Waals surface area contributed by atoms with Gasteiger partial charge in [-0.1, -0.05) is 24.3 Å². The fourth-order valence-electron chi connectivity index (χ4n) is 7.14. The summed E-state index contributed by atoms with van der Waals surface area (Å²) in [5, 5.41) is 6.98. The number of carbonyl (C=O) groups excluding carboxylic acids is 6. The molecule has 0 spiro atoms. The number of urea groups is 2. The van der Waals surface area contributed by atoms with E-state index in [4.69, 9.17) is 18.0 Å². The predicted octanol–water partition coefficient (Wildman–Crippen LogP) is 1.22. The van der Waals surface area contributed by atoms with Crippen LogP contribution in [0.1, 0.15) is 67.2 Å². The minimum absolute atomic E-state index is 0.0430. The highest BCUT2D eigenvalue weighted by Gasteiger charge is 2.51. The van der Waals surface area contributed by atoms with Crippen LogP contribution in [0.5, 0.6) is 0 Å². The van der Waals surface area contributed by atoms with Gasteiger partial charge in [-0.25, -0.2) is 19.2 Å². The quantitative estimate of drug-likeness (QED) is 0.332. The van der Waals surface area contributed by atoms with Crippen molar-refractivity contribution in [2.75, 3.05) is 39.3 Å². The summed E-state index contributed by atoms with van der Waals surface area (Å²) in [7, 11) is -5.06. The summed E-state index contributed by atoms with van der Waals surface area (Å²) in [6.07, 6.45) is 7.00. The van der Waals surface area contributed by atoms with Gasteiger partial charge in [0, 0.05) is 38.3 Å². The van der Waals surface area contributed by atoms with Crippen LogP contribution < -0.4 is 10.6 Å². The molecule has 6 aliphatic heterocycles. The molecule has 0 radical (unpaired) electrons. The molecule has 21 heteroatoms. The van der Waals surface area contributed by atoms with E-state index in [0.717, 1.165) is 0 Å². The van der Waals surface area contributed by atoms with Crippen LogP contribution in [0, 0.1) is 0 Å². The minimum atomic E-state index is -5.06. The van der Waals surface area contributed by atoms with Gasteiger partial charge < -0.3 is 39.7 Å². The summed E-state index contributed by atoms with van der Waals surface area (Å²) in [6, 6.07) is -6.12. The summed E-state index contributed by atoms with van der Waals surface area (Å²) >= 11 is 0. The predicted molar refractivity (Wildman–Crippen MR) is 190 cm³/mol. The van der Waals surface area contributed by atoms with Crippen molar-refractivity contribution in [2.24, 2.45) is 0 Å². The molecule has 0 aromatic heterocycles. The van der Waals surface area contributed by atoms with Crippen molar-refractivity contribution in [2.45, 2.75) is 115 Å². The van der Waals surface area contributed by atoms with Crippen LogP contribution in [0.3, 0.4) is 0 Å². The van der Waals surface area contributed by atoms with Crippen molar-refractivity contribution in [1.29, 1.82) is 0 Å². The number of carbonyl (C=O) groups is 6. The third-order valence-electron chi connectivity index (χ3n) is 9.81. The van der Waals surface area contributed by atoms with Crippen molar-refractivity contribution in [3.8, 4) is 0 Å². The van der Waals surface area contributed by atoms with Crippen molar-refractivity contribution < 1.29 is 55.2 Å². The van der Waals surface area contributed by atoms with E-state index < -0.39 is 81.8 Å². The molecule has 0 aromatic rings. The Hall–Kier alpha value is -4.63. The van der Waals surface area contributed by atoms with Gasteiger partial charge in [0.1, 0.15) is 23.3 Å². The Morgan fingerprint density at radius 2 is 0.964 bits per heavy atom. The van der Waals surface area contributed by atoms with Crippen LogP contribution in [-0.2, 0) is 38.0 Å². The Balaban J connectivity index is 0.972. The molecule has 0 saturated carbocycles. The number of nitrogens with zero attached hydrogens (tertiary/aromatic N) is 6. The smallest absolute Gasteiger partial charge is 0.442 e. The Kier molecular flexibility index (Phi) is 11.0. The average Bonchev–Trinajstić information content (AvgIpc) is 3.46. The fraction of sp³-hybridized carbons (Fsp3) is 0.706. The highest BCUT2D eigenvalue weighted by molar-refractivity contribution is 7.81. The number of piperidine rings is 2. The first kappa shape index (κ1) is 40.0. The molecule has 4 atom stereocenters. The lowest BCUT2D eigenvalue weighted by Crippen LogP contribution is -2.53. The lowest BCUT2D eigenvalue weighted by atomic mass is 10.0. The van der Waals surface area contributed by atoms with Crippen molar-refractivity contribution in [3.05, 3.63) is 24.3 Å². The molecule has 4 saturated heterocycles. The number of amides is 8. The molecule has 20 nitrogen and oxygen atoms in total. The van der Waals surface area contributed by atoms with E-state index >= 15 is 0 Å². The molecule has 55 heavy (non-hydrogen) atoms. The lowest BCUT2D eigenvalue weighted by Gasteiger charge is -2.34. The van der Waals surface area contributed by atoms with Crippen LogP contribution in [0.2, 0.25) is 0 Å². The number of hydroxylamine groups is 4. The number of hydrogen-bond donors (Lipinski definition) is 2. The molecular weight excluding hydrogens is 744 g/mol. The largest absolute Gasteiger partial charge is 0.444 e. The summed E-state index contributed by atoms with van der Waals surface area (Å²) < 4.78 is 47.2. The molecule has 8 amide bonds. The first-order valence-corrected chi connectivity index (χ1v) is 19.8. The Morgan fingerprint density at radius 1 is 0.618 bits per heavy atom.